The minimum atomic E-state index is -0.241. The molecule has 0 atom stereocenters. The van der Waals surface area contributed by atoms with E-state index in [9.17, 15) is 4.79 Å². The van der Waals surface area contributed by atoms with Crippen LogP contribution in [0.25, 0.3) is 27.6 Å². The molecule has 0 spiro atoms. The van der Waals surface area contributed by atoms with Crippen LogP contribution in [0.4, 0.5) is 0 Å². The van der Waals surface area contributed by atoms with E-state index in [2.05, 4.69) is 0 Å². The predicted octanol–water partition coefficient (Wildman–Crippen LogP) is 3.69. The Balaban J connectivity index is 1.94. The lowest BCUT2D eigenvalue weighted by Crippen LogP contribution is -2.08. The van der Waals surface area contributed by atoms with E-state index in [0.29, 0.717) is 6.61 Å². The van der Waals surface area contributed by atoms with Crippen molar-refractivity contribution in [2.75, 3.05) is 12.4 Å². The largest absolute Gasteiger partial charge is 0.465 e. The van der Waals surface area contributed by atoms with Gasteiger partial charge in [0.1, 0.15) is 5.65 Å². The van der Waals surface area contributed by atoms with Gasteiger partial charge in [0.2, 0.25) is 0 Å². The van der Waals surface area contributed by atoms with Gasteiger partial charge in [-0.1, -0.05) is 36.0 Å². The number of para-hydroxylation sites is 3. The molecule has 0 aliphatic carbocycles. The van der Waals surface area contributed by atoms with E-state index in [4.69, 9.17) is 14.7 Å². The van der Waals surface area contributed by atoms with Crippen LogP contribution in [0.1, 0.15) is 6.92 Å². The second kappa shape index (κ2) is 6.13. The molecule has 5 nitrogen and oxygen atoms in total. The lowest BCUT2D eigenvalue weighted by atomic mass is 10.2. The first kappa shape index (κ1) is 15.0. The van der Waals surface area contributed by atoms with Crippen molar-refractivity contribution in [2.24, 2.45) is 0 Å². The Bertz CT molecular complexity index is 1060. The Labute approximate surface area is 142 Å². The molecule has 2 heterocycles. The van der Waals surface area contributed by atoms with Crippen molar-refractivity contribution in [1.82, 2.24) is 14.4 Å². The molecule has 2 aromatic heterocycles. The van der Waals surface area contributed by atoms with Crippen molar-refractivity contribution in [1.29, 1.82) is 0 Å². The first-order chi connectivity index (χ1) is 11.8. The number of hydrogen-bond donors (Lipinski definition) is 0. The quantitative estimate of drug-likeness (QED) is 0.323. The molecule has 0 aliphatic rings. The summed E-state index contributed by atoms with van der Waals surface area (Å²) in [6, 6.07) is 15.9. The Morgan fingerprint density at radius 3 is 2.67 bits per heavy atom. The van der Waals surface area contributed by atoms with E-state index in [1.165, 1.54) is 11.8 Å². The second-order valence-corrected chi connectivity index (χ2v) is 6.21. The summed E-state index contributed by atoms with van der Waals surface area (Å²) in [6.45, 7) is 2.19. The summed E-state index contributed by atoms with van der Waals surface area (Å²) in [5.74, 6) is -0.0177. The Kier molecular flexibility index (Phi) is 3.82. The molecule has 0 aliphatic heterocycles. The summed E-state index contributed by atoms with van der Waals surface area (Å²) in [7, 11) is 0. The lowest BCUT2D eigenvalue weighted by Gasteiger charge is -2.08. The highest BCUT2D eigenvalue weighted by molar-refractivity contribution is 7.99. The summed E-state index contributed by atoms with van der Waals surface area (Å²) in [5.41, 5.74) is 3.62. The first-order valence-electron chi connectivity index (χ1n) is 7.72. The standard InChI is InChI=1S/C18H15N3O2S/c1-2-23-16(22)11-24-18-20-13-8-4-3-7-12(13)17-19-14-9-5-6-10-15(14)21(17)18/h3-10H,2,11H2,1H3. The molecule has 2 aromatic carbocycles. The number of ether oxygens (including phenoxy) is 1. The van der Waals surface area contributed by atoms with Gasteiger partial charge in [-0.25, -0.2) is 9.97 Å². The zero-order valence-electron chi connectivity index (χ0n) is 13.1. The van der Waals surface area contributed by atoms with Crippen LogP contribution in [0.2, 0.25) is 0 Å². The van der Waals surface area contributed by atoms with Gasteiger partial charge in [-0.2, -0.15) is 0 Å². The summed E-state index contributed by atoms with van der Waals surface area (Å²) in [5, 5.41) is 1.74. The predicted molar refractivity (Wildman–Crippen MR) is 95.4 cm³/mol. The number of carbonyl (C=O) groups is 1. The van der Waals surface area contributed by atoms with E-state index < -0.39 is 0 Å². The molecule has 0 fully saturated rings. The van der Waals surface area contributed by atoms with Crippen molar-refractivity contribution in [3.8, 4) is 0 Å². The van der Waals surface area contributed by atoms with Crippen molar-refractivity contribution < 1.29 is 9.53 Å². The highest BCUT2D eigenvalue weighted by Crippen LogP contribution is 2.28. The van der Waals surface area contributed by atoms with E-state index in [1.807, 2.05) is 52.9 Å². The van der Waals surface area contributed by atoms with E-state index in [0.717, 1.165) is 32.7 Å². The van der Waals surface area contributed by atoms with Crippen molar-refractivity contribution in [2.45, 2.75) is 12.1 Å². The van der Waals surface area contributed by atoms with Crippen molar-refractivity contribution in [3.05, 3.63) is 48.5 Å². The maximum absolute atomic E-state index is 11.7. The SMILES string of the molecule is CCOC(=O)CSc1nc2ccccc2c2nc3ccccc3n12. The van der Waals surface area contributed by atoms with Crippen molar-refractivity contribution >= 4 is 45.3 Å². The fraction of sp³-hybridized carbons (Fsp3) is 0.167. The van der Waals surface area contributed by atoms with Gasteiger partial charge in [-0.15, -0.1) is 0 Å². The molecule has 0 saturated heterocycles. The highest BCUT2D eigenvalue weighted by atomic mass is 32.2. The van der Waals surface area contributed by atoms with Gasteiger partial charge >= 0.3 is 5.97 Å². The molecular formula is C18H15N3O2S. The average molecular weight is 337 g/mol. The van der Waals surface area contributed by atoms with Crippen LogP contribution in [0.3, 0.4) is 0 Å². The van der Waals surface area contributed by atoms with E-state index >= 15 is 0 Å². The number of hydrogen-bond acceptors (Lipinski definition) is 5. The van der Waals surface area contributed by atoms with Crippen molar-refractivity contribution in [3.63, 3.8) is 0 Å². The minimum Gasteiger partial charge on any atom is -0.465 e. The number of imidazole rings is 1. The second-order valence-electron chi connectivity index (χ2n) is 5.26. The molecule has 0 saturated carbocycles. The molecule has 6 heteroatoms. The van der Waals surface area contributed by atoms with Crippen LogP contribution >= 0.6 is 11.8 Å². The monoisotopic (exact) mass is 337 g/mol. The van der Waals surface area contributed by atoms with Crippen LogP contribution in [-0.2, 0) is 9.53 Å². The Morgan fingerprint density at radius 1 is 1.08 bits per heavy atom. The Hall–Kier alpha value is -2.60. The van der Waals surface area contributed by atoms with Gasteiger partial charge in [0, 0.05) is 5.39 Å². The number of esters is 1. The minimum absolute atomic E-state index is 0.223. The van der Waals surface area contributed by atoms with Gasteiger partial charge < -0.3 is 4.74 Å². The zero-order valence-corrected chi connectivity index (χ0v) is 13.9. The summed E-state index contributed by atoms with van der Waals surface area (Å²) < 4.78 is 7.04. The smallest absolute Gasteiger partial charge is 0.316 e. The fourth-order valence-electron chi connectivity index (χ4n) is 2.74. The topological polar surface area (TPSA) is 56.5 Å². The van der Waals surface area contributed by atoms with Crippen LogP contribution in [0.5, 0.6) is 0 Å². The van der Waals surface area contributed by atoms with E-state index in [1.54, 1.807) is 6.92 Å². The maximum Gasteiger partial charge on any atom is 0.316 e. The average Bonchev–Trinajstić information content (AvgIpc) is 3.00. The molecule has 0 bridgehead atoms. The number of benzene rings is 2. The Morgan fingerprint density at radius 2 is 1.83 bits per heavy atom. The van der Waals surface area contributed by atoms with Crippen LogP contribution in [0, 0.1) is 0 Å². The molecule has 120 valence electrons. The zero-order chi connectivity index (χ0) is 16.5. The van der Waals surface area contributed by atoms with Gasteiger partial charge in [-0.05, 0) is 31.2 Å². The molecule has 4 rings (SSSR count). The number of fused-ring (bicyclic) bond motifs is 5. The lowest BCUT2D eigenvalue weighted by molar-refractivity contribution is -0.139. The van der Waals surface area contributed by atoms with Gasteiger partial charge in [0.05, 0.1) is 28.9 Å². The highest BCUT2D eigenvalue weighted by Gasteiger charge is 2.15. The molecule has 0 N–H and O–H groups in total. The summed E-state index contributed by atoms with van der Waals surface area (Å²) >= 11 is 1.37. The van der Waals surface area contributed by atoms with Crippen LogP contribution in [0.15, 0.2) is 53.7 Å². The number of rotatable bonds is 4. The van der Waals surface area contributed by atoms with Crippen LogP contribution < -0.4 is 0 Å². The number of aromatic nitrogens is 3. The molecule has 0 amide bonds. The van der Waals surface area contributed by atoms with Gasteiger partial charge in [0.15, 0.2) is 5.16 Å². The molecule has 0 unspecified atom stereocenters. The maximum atomic E-state index is 11.7. The number of thioether (sulfide) groups is 1. The van der Waals surface area contributed by atoms with E-state index in [-0.39, 0.29) is 11.7 Å². The normalized spacial score (nSPS) is 11.4. The van der Waals surface area contributed by atoms with Crippen LogP contribution in [-0.4, -0.2) is 32.7 Å². The molecule has 0 radical (unpaired) electrons. The third-order valence-corrected chi connectivity index (χ3v) is 4.65. The van der Waals surface area contributed by atoms with Gasteiger partial charge in [-0.3, -0.25) is 9.20 Å². The molecule has 24 heavy (non-hydrogen) atoms. The summed E-state index contributed by atoms with van der Waals surface area (Å²) in [6.07, 6.45) is 0. The number of nitrogens with zero attached hydrogens (tertiary/aromatic N) is 3. The number of carbonyl (C=O) groups excluding carboxylic acids is 1. The summed E-state index contributed by atoms with van der Waals surface area (Å²) in [4.78, 5) is 21.2. The van der Waals surface area contributed by atoms with Gasteiger partial charge in [0.25, 0.3) is 0 Å². The third-order valence-electron chi connectivity index (χ3n) is 3.74. The first-order valence-corrected chi connectivity index (χ1v) is 8.71. The fourth-order valence-corrected chi connectivity index (χ4v) is 3.54. The third kappa shape index (κ3) is 2.49. The molecule has 4 aromatic rings. The molecular weight excluding hydrogens is 322 g/mol.